The Morgan fingerprint density at radius 2 is 1.72 bits per heavy atom. The van der Waals surface area contributed by atoms with Crippen LogP contribution in [0.5, 0.6) is 5.75 Å². The molecule has 1 amide bonds. The normalized spacial score (nSPS) is 18.1. The van der Waals surface area contributed by atoms with Gasteiger partial charge in [-0.2, -0.15) is 0 Å². The van der Waals surface area contributed by atoms with Crippen LogP contribution in [-0.4, -0.2) is 57.9 Å². The number of hydrogen-bond donors (Lipinski definition) is 1. The second-order valence-electron chi connectivity index (χ2n) is 11.1. The second-order valence-corrected chi connectivity index (χ2v) is 13.7. The fraction of sp³-hybridized carbons (Fsp3) is 0.536. The van der Waals surface area contributed by atoms with Gasteiger partial charge < -0.3 is 9.47 Å². The summed E-state index contributed by atoms with van der Waals surface area (Å²) in [6, 6.07) is 8.17. The molecule has 2 aliphatic rings. The molecule has 1 saturated heterocycles. The Morgan fingerprint density at radius 1 is 1.10 bits per heavy atom. The van der Waals surface area contributed by atoms with Crippen molar-refractivity contribution in [2.75, 3.05) is 33.1 Å². The lowest BCUT2D eigenvalue weighted by atomic mass is 9.87. The maximum absolute atomic E-state index is 14.8. The number of carbonyl (C=O) groups is 1. The highest BCUT2D eigenvalue weighted by Crippen LogP contribution is 2.45. The van der Waals surface area contributed by atoms with Gasteiger partial charge in [0.15, 0.2) is 0 Å². The van der Waals surface area contributed by atoms with Crippen LogP contribution in [0.3, 0.4) is 0 Å². The monoisotopic (exact) mass is 600 g/mol. The van der Waals surface area contributed by atoms with Crippen LogP contribution in [0.1, 0.15) is 73.0 Å². The molecule has 0 radical (unpaired) electrons. The van der Waals surface area contributed by atoms with E-state index in [4.69, 9.17) is 32.7 Å². The molecule has 4 rings (SSSR count). The average Bonchev–Trinajstić information content (AvgIpc) is 3.67. The van der Waals surface area contributed by atoms with Gasteiger partial charge in [0.25, 0.3) is 5.91 Å². The number of sulfonamides is 1. The molecule has 0 spiro atoms. The maximum Gasteiger partial charge on any atom is 0.267 e. The zero-order valence-electron chi connectivity index (χ0n) is 22.6. The van der Waals surface area contributed by atoms with Crippen LogP contribution in [0.25, 0.3) is 0 Å². The topological polar surface area (TPSA) is 84.9 Å². The second kappa shape index (κ2) is 11.9. The number of piperidine rings is 1. The molecule has 1 aliphatic heterocycles. The van der Waals surface area contributed by atoms with Crippen LogP contribution >= 0.6 is 23.2 Å². The summed E-state index contributed by atoms with van der Waals surface area (Å²) in [5, 5.41) is 1.16. The molecule has 7 nitrogen and oxygen atoms in total. The molecular weight excluding hydrogens is 566 g/mol. The summed E-state index contributed by atoms with van der Waals surface area (Å²) in [4.78, 5) is 14.7. The van der Waals surface area contributed by atoms with Gasteiger partial charge >= 0.3 is 0 Å². The Morgan fingerprint density at radius 3 is 2.26 bits per heavy atom. The van der Waals surface area contributed by atoms with Crippen LogP contribution in [0, 0.1) is 11.7 Å². The van der Waals surface area contributed by atoms with Crippen molar-refractivity contribution in [1.82, 2.24) is 9.62 Å². The van der Waals surface area contributed by atoms with Gasteiger partial charge in [-0.1, -0.05) is 23.2 Å². The van der Waals surface area contributed by atoms with Crippen LogP contribution in [0.4, 0.5) is 4.39 Å². The van der Waals surface area contributed by atoms with Gasteiger partial charge in [0.2, 0.25) is 10.0 Å². The SMILES string of the molecule is COC(C)(C)C(c1cc(Cl)cc(Cl)c1)N1CCC(COc2cc(F)c(C(=O)NS(C)(=O)=O)cc2C2CC2)CC1. The number of ether oxygens (including phenoxy) is 2. The fourth-order valence-electron chi connectivity index (χ4n) is 5.29. The van der Waals surface area contributed by atoms with Crippen LogP contribution in [-0.2, 0) is 14.8 Å². The van der Waals surface area contributed by atoms with E-state index in [-0.39, 0.29) is 23.4 Å². The average molecular weight is 602 g/mol. The Labute approximate surface area is 240 Å². The van der Waals surface area contributed by atoms with Gasteiger partial charge in [0.1, 0.15) is 11.6 Å². The summed E-state index contributed by atoms with van der Waals surface area (Å²) in [6.45, 7) is 6.14. The zero-order valence-corrected chi connectivity index (χ0v) is 24.9. The Kier molecular flexibility index (Phi) is 9.18. The standard InChI is InChI=1S/C28H35Cl2FN2O5S/c1-28(2,37-3)26(19-11-20(29)13-21(30)12-19)33-9-7-17(8-10-33)16-38-25-15-24(31)23(14-22(25)18-5-6-18)27(34)32-39(4,35)36/h11-15,17-18,26H,5-10,16H2,1-4H3,(H,32,34). The predicted octanol–water partition coefficient (Wildman–Crippen LogP) is 5.96. The summed E-state index contributed by atoms with van der Waals surface area (Å²) >= 11 is 12.6. The molecular formula is C28H35Cl2FN2O5S. The number of halogens is 3. The number of likely N-dealkylation sites (tertiary alicyclic amines) is 1. The van der Waals surface area contributed by atoms with Crippen molar-refractivity contribution >= 4 is 39.1 Å². The van der Waals surface area contributed by atoms with E-state index >= 15 is 0 Å². The van der Waals surface area contributed by atoms with Crippen molar-refractivity contribution in [3.8, 4) is 5.75 Å². The summed E-state index contributed by atoms with van der Waals surface area (Å²) in [5.41, 5.74) is 0.959. The minimum absolute atomic E-state index is 0.0539. The summed E-state index contributed by atoms with van der Waals surface area (Å²) < 4.78 is 51.6. The molecule has 1 heterocycles. The van der Waals surface area contributed by atoms with E-state index in [1.54, 1.807) is 13.2 Å². The predicted molar refractivity (Wildman–Crippen MR) is 151 cm³/mol. The zero-order chi connectivity index (χ0) is 28.5. The molecule has 214 valence electrons. The quantitative estimate of drug-likeness (QED) is 0.362. The largest absolute Gasteiger partial charge is 0.493 e. The van der Waals surface area contributed by atoms with Crippen molar-refractivity contribution < 1.29 is 27.1 Å². The van der Waals surface area contributed by atoms with Crippen molar-refractivity contribution in [3.63, 3.8) is 0 Å². The summed E-state index contributed by atoms with van der Waals surface area (Å²) in [6.07, 6.45) is 4.44. The summed E-state index contributed by atoms with van der Waals surface area (Å²) in [5.74, 6) is -0.937. The Bertz CT molecular complexity index is 1310. The number of carbonyl (C=O) groups excluding carboxylic acids is 1. The highest BCUT2D eigenvalue weighted by molar-refractivity contribution is 7.89. The number of hydrogen-bond acceptors (Lipinski definition) is 6. The van der Waals surface area contributed by atoms with E-state index < -0.39 is 27.3 Å². The minimum Gasteiger partial charge on any atom is -0.493 e. The van der Waals surface area contributed by atoms with Gasteiger partial charge in [-0.05, 0) is 99.8 Å². The number of benzene rings is 2. The number of rotatable bonds is 10. The Balaban J connectivity index is 1.44. The first-order valence-electron chi connectivity index (χ1n) is 13.0. The van der Waals surface area contributed by atoms with Crippen molar-refractivity contribution in [3.05, 3.63) is 62.9 Å². The number of nitrogens with zero attached hydrogens (tertiary/aromatic N) is 1. The lowest BCUT2D eigenvalue weighted by Crippen LogP contribution is -2.47. The number of amides is 1. The molecule has 11 heteroatoms. The molecule has 1 aliphatic carbocycles. The first-order valence-corrected chi connectivity index (χ1v) is 15.7. The van der Waals surface area contributed by atoms with Gasteiger partial charge in [-0.15, -0.1) is 0 Å². The highest BCUT2D eigenvalue weighted by Gasteiger charge is 2.38. The fourth-order valence-corrected chi connectivity index (χ4v) is 6.28. The van der Waals surface area contributed by atoms with E-state index in [1.807, 2.05) is 16.9 Å². The van der Waals surface area contributed by atoms with E-state index in [0.717, 1.165) is 56.2 Å². The highest BCUT2D eigenvalue weighted by atomic mass is 35.5. The van der Waals surface area contributed by atoms with E-state index in [0.29, 0.717) is 22.4 Å². The van der Waals surface area contributed by atoms with Crippen LogP contribution < -0.4 is 9.46 Å². The van der Waals surface area contributed by atoms with E-state index in [9.17, 15) is 17.6 Å². The molecule has 1 saturated carbocycles. The molecule has 39 heavy (non-hydrogen) atoms. The smallest absolute Gasteiger partial charge is 0.267 e. The van der Waals surface area contributed by atoms with Gasteiger partial charge in [-0.3, -0.25) is 9.69 Å². The van der Waals surface area contributed by atoms with E-state index in [2.05, 4.69) is 18.7 Å². The van der Waals surface area contributed by atoms with Crippen molar-refractivity contribution in [2.45, 2.75) is 57.1 Å². The summed E-state index contributed by atoms with van der Waals surface area (Å²) in [7, 11) is -2.11. The molecule has 2 aromatic carbocycles. The molecule has 2 aromatic rings. The molecule has 0 bridgehead atoms. The van der Waals surface area contributed by atoms with Crippen LogP contribution in [0.15, 0.2) is 30.3 Å². The van der Waals surface area contributed by atoms with Crippen LogP contribution in [0.2, 0.25) is 10.0 Å². The van der Waals surface area contributed by atoms with Gasteiger partial charge in [0.05, 0.1) is 30.1 Å². The Hall–Kier alpha value is -1.91. The van der Waals surface area contributed by atoms with Crippen molar-refractivity contribution in [2.24, 2.45) is 5.92 Å². The molecule has 2 fully saturated rings. The first-order chi connectivity index (χ1) is 18.3. The molecule has 1 N–H and O–H groups in total. The minimum atomic E-state index is -3.81. The van der Waals surface area contributed by atoms with Gasteiger partial charge in [-0.25, -0.2) is 17.5 Å². The number of methoxy groups -OCH3 is 1. The van der Waals surface area contributed by atoms with Gasteiger partial charge in [0, 0.05) is 23.2 Å². The third-order valence-electron chi connectivity index (χ3n) is 7.51. The molecule has 1 unspecified atom stereocenters. The molecule has 1 atom stereocenters. The third-order valence-corrected chi connectivity index (χ3v) is 8.51. The van der Waals surface area contributed by atoms with Crippen molar-refractivity contribution in [1.29, 1.82) is 0 Å². The third kappa shape index (κ3) is 7.64. The maximum atomic E-state index is 14.8. The lowest BCUT2D eigenvalue weighted by molar-refractivity contribution is -0.0644. The first kappa shape index (κ1) is 30.1. The van der Waals surface area contributed by atoms with E-state index in [1.165, 1.54) is 12.1 Å². The lowest BCUT2D eigenvalue weighted by Gasteiger charge is -2.44. The molecule has 0 aromatic heterocycles. The number of nitrogens with one attached hydrogen (secondary N) is 1.